The van der Waals surface area contributed by atoms with E-state index in [-0.39, 0.29) is 19.8 Å². The summed E-state index contributed by atoms with van der Waals surface area (Å²) in [5.74, 6) is -0.480. The third-order valence-corrected chi connectivity index (χ3v) is 4.46. The van der Waals surface area contributed by atoms with E-state index in [1.54, 1.807) is 0 Å². The van der Waals surface area contributed by atoms with E-state index in [1.165, 1.54) is 6.92 Å². The number of hydrogen-bond donors (Lipinski definition) is 0. The molecular weight excluding hydrogens is 285 g/mol. The Bertz CT molecular complexity index is 324. The van der Waals surface area contributed by atoms with Crippen molar-refractivity contribution in [2.75, 3.05) is 46.0 Å². The molecule has 0 radical (unpaired) electrons. The van der Waals surface area contributed by atoms with E-state index in [4.69, 9.17) is 4.52 Å². The molecule has 0 aromatic heterocycles. The number of rotatable bonds is 11. The highest BCUT2D eigenvalue weighted by Crippen LogP contribution is 2.37. The lowest BCUT2D eigenvalue weighted by atomic mass is 10.3. The van der Waals surface area contributed by atoms with Gasteiger partial charge in [0.05, 0.1) is 26.2 Å². The van der Waals surface area contributed by atoms with E-state index in [1.807, 2.05) is 0 Å². The molecule has 120 valence electrons. The van der Waals surface area contributed by atoms with Gasteiger partial charge in [0, 0.05) is 6.92 Å². The predicted molar refractivity (Wildman–Crippen MR) is 72.9 cm³/mol. The lowest BCUT2D eigenvalue weighted by Crippen LogP contribution is -2.49. The van der Waals surface area contributed by atoms with Crippen molar-refractivity contribution < 1.29 is 32.5 Å². The maximum Gasteiger partial charge on any atom is 0.302 e. The summed E-state index contributed by atoms with van der Waals surface area (Å²) >= 11 is 0. The molecule has 0 bridgehead atoms. The number of nitrogens with zero attached hydrogens (tertiary/aromatic N) is 1. The number of carbonyl (C=O) groups is 1. The van der Waals surface area contributed by atoms with E-state index >= 15 is 0 Å². The fourth-order valence-electron chi connectivity index (χ4n) is 1.86. The Hall–Kier alpha value is -0.460. The summed E-state index contributed by atoms with van der Waals surface area (Å²) in [5, 5.41) is 0. The molecule has 0 aliphatic rings. The highest BCUT2D eigenvalue weighted by Gasteiger charge is 2.21. The molecule has 0 aromatic carbocycles. The predicted octanol–water partition coefficient (Wildman–Crippen LogP) is 0.928. The SMILES string of the molecule is CC[N+](CC)(CC)CCOP(=O)([O-])OCCOC(C)=O. The average molecular weight is 311 g/mol. The second kappa shape index (κ2) is 9.47. The van der Waals surface area contributed by atoms with Crippen LogP contribution in [0.15, 0.2) is 0 Å². The van der Waals surface area contributed by atoms with Crippen molar-refractivity contribution >= 4 is 13.8 Å². The number of quaternary nitrogens is 1. The first-order valence-electron chi connectivity index (χ1n) is 6.89. The van der Waals surface area contributed by atoms with Crippen LogP contribution in [0.4, 0.5) is 0 Å². The molecule has 0 saturated carbocycles. The molecule has 0 spiro atoms. The molecular formula is C12H26NO6P. The Morgan fingerprint density at radius 2 is 1.55 bits per heavy atom. The Morgan fingerprint density at radius 3 is 2.00 bits per heavy atom. The van der Waals surface area contributed by atoms with E-state index in [2.05, 4.69) is 30.0 Å². The zero-order valence-electron chi connectivity index (χ0n) is 12.8. The lowest BCUT2D eigenvalue weighted by molar-refractivity contribution is -0.923. The number of phosphoric ester groups is 1. The largest absolute Gasteiger partial charge is 0.756 e. The number of carbonyl (C=O) groups excluding carboxylic acids is 1. The van der Waals surface area contributed by atoms with Crippen LogP contribution >= 0.6 is 7.82 Å². The van der Waals surface area contributed by atoms with Crippen LogP contribution in [0.2, 0.25) is 0 Å². The number of likely N-dealkylation sites (N-methyl/N-ethyl adjacent to an activating group) is 1. The van der Waals surface area contributed by atoms with Gasteiger partial charge in [0.2, 0.25) is 0 Å². The first-order valence-corrected chi connectivity index (χ1v) is 8.35. The van der Waals surface area contributed by atoms with Crippen molar-refractivity contribution in [3.63, 3.8) is 0 Å². The molecule has 0 rings (SSSR count). The van der Waals surface area contributed by atoms with Gasteiger partial charge in [-0.15, -0.1) is 0 Å². The highest BCUT2D eigenvalue weighted by molar-refractivity contribution is 7.45. The zero-order chi connectivity index (χ0) is 15.6. The molecule has 0 aromatic rings. The lowest BCUT2D eigenvalue weighted by Gasteiger charge is -2.36. The smallest absolute Gasteiger partial charge is 0.302 e. The molecule has 1 unspecified atom stereocenters. The minimum atomic E-state index is -4.32. The molecule has 20 heavy (non-hydrogen) atoms. The molecule has 0 heterocycles. The number of phosphoric acid groups is 1. The topological polar surface area (TPSA) is 84.9 Å². The molecule has 0 amide bonds. The monoisotopic (exact) mass is 311 g/mol. The van der Waals surface area contributed by atoms with Crippen molar-refractivity contribution in [3.8, 4) is 0 Å². The maximum atomic E-state index is 11.5. The Balaban J connectivity index is 4.03. The van der Waals surface area contributed by atoms with Gasteiger partial charge in [0.15, 0.2) is 0 Å². The molecule has 0 aliphatic carbocycles. The van der Waals surface area contributed by atoms with Crippen molar-refractivity contribution in [2.24, 2.45) is 0 Å². The minimum Gasteiger partial charge on any atom is -0.756 e. The Kier molecular flexibility index (Phi) is 9.25. The van der Waals surface area contributed by atoms with Crippen LogP contribution in [-0.4, -0.2) is 56.5 Å². The maximum absolute atomic E-state index is 11.5. The van der Waals surface area contributed by atoms with Gasteiger partial charge in [-0.25, -0.2) is 0 Å². The van der Waals surface area contributed by atoms with Gasteiger partial charge in [-0.05, 0) is 20.8 Å². The highest BCUT2D eigenvalue weighted by atomic mass is 31.2. The summed E-state index contributed by atoms with van der Waals surface area (Å²) in [6, 6.07) is 0. The number of esters is 1. The van der Waals surface area contributed by atoms with Crippen molar-refractivity contribution in [2.45, 2.75) is 27.7 Å². The first-order chi connectivity index (χ1) is 9.31. The van der Waals surface area contributed by atoms with Crippen molar-refractivity contribution in [1.82, 2.24) is 0 Å². The molecule has 0 saturated heterocycles. The van der Waals surface area contributed by atoms with Gasteiger partial charge in [0.1, 0.15) is 19.8 Å². The Morgan fingerprint density at radius 1 is 1.05 bits per heavy atom. The van der Waals surface area contributed by atoms with E-state index in [9.17, 15) is 14.3 Å². The van der Waals surface area contributed by atoms with Gasteiger partial charge in [-0.3, -0.25) is 9.36 Å². The third kappa shape index (κ3) is 7.97. The molecule has 1 atom stereocenters. The number of hydrogen-bond acceptors (Lipinski definition) is 6. The van der Waals surface area contributed by atoms with Crippen LogP contribution < -0.4 is 4.89 Å². The van der Waals surface area contributed by atoms with Crippen LogP contribution in [0, 0.1) is 0 Å². The molecule has 0 aliphatic heterocycles. The summed E-state index contributed by atoms with van der Waals surface area (Å²) in [7, 11) is -4.32. The summed E-state index contributed by atoms with van der Waals surface area (Å²) in [6.07, 6.45) is 0. The standard InChI is InChI=1S/C12H26NO6P/c1-5-13(6-2,7-3)8-9-18-20(15,16)19-11-10-17-12(4)14/h5-11H2,1-4H3. The second-order valence-corrected chi connectivity index (χ2v) is 5.88. The average Bonchev–Trinajstić information content (AvgIpc) is 2.40. The zero-order valence-corrected chi connectivity index (χ0v) is 13.7. The first kappa shape index (κ1) is 19.5. The van der Waals surface area contributed by atoms with Crippen LogP contribution in [-0.2, 0) is 23.1 Å². The molecule has 0 N–H and O–H groups in total. The van der Waals surface area contributed by atoms with Crippen LogP contribution in [0.5, 0.6) is 0 Å². The fourth-order valence-corrected chi connectivity index (χ4v) is 2.54. The summed E-state index contributed by atoms with van der Waals surface area (Å²) < 4.78 is 26.2. The van der Waals surface area contributed by atoms with Crippen LogP contribution in [0.3, 0.4) is 0 Å². The van der Waals surface area contributed by atoms with Crippen molar-refractivity contribution in [1.29, 1.82) is 0 Å². The molecule has 8 heteroatoms. The third-order valence-electron chi connectivity index (χ3n) is 3.47. The van der Waals surface area contributed by atoms with Crippen LogP contribution in [0.25, 0.3) is 0 Å². The second-order valence-electron chi connectivity index (χ2n) is 4.47. The van der Waals surface area contributed by atoms with E-state index < -0.39 is 13.8 Å². The molecule has 7 nitrogen and oxygen atoms in total. The normalized spacial score (nSPS) is 14.8. The minimum absolute atomic E-state index is 0.0872. The van der Waals surface area contributed by atoms with E-state index in [0.29, 0.717) is 6.54 Å². The summed E-state index contributed by atoms with van der Waals surface area (Å²) in [6.45, 7) is 10.6. The van der Waals surface area contributed by atoms with Gasteiger partial charge in [-0.2, -0.15) is 0 Å². The summed E-state index contributed by atoms with van der Waals surface area (Å²) in [4.78, 5) is 22.0. The van der Waals surface area contributed by atoms with Gasteiger partial charge >= 0.3 is 5.97 Å². The fraction of sp³-hybridized carbons (Fsp3) is 0.917. The molecule has 0 fully saturated rings. The summed E-state index contributed by atoms with van der Waals surface area (Å²) in [5.41, 5.74) is 0. The number of ether oxygens (including phenoxy) is 1. The van der Waals surface area contributed by atoms with Crippen molar-refractivity contribution in [3.05, 3.63) is 0 Å². The van der Waals surface area contributed by atoms with Gasteiger partial charge in [-0.1, -0.05) is 0 Å². The van der Waals surface area contributed by atoms with Crippen LogP contribution in [0.1, 0.15) is 27.7 Å². The Labute approximate surface area is 121 Å². The quantitative estimate of drug-likeness (QED) is 0.244. The van der Waals surface area contributed by atoms with Gasteiger partial charge < -0.3 is 23.2 Å². The van der Waals surface area contributed by atoms with E-state index in [0.717, 1.165) is 24.1 Å². The van der Waals surface area contributed by atoms with Gasteiger partial charge in [0.25, 0.3) is 7.82 Å².